The standard InChI is InChI=1S/C10H9FN2/c1-7-6-12-9-5-3-2-4-8(9)10(7)13-11/h2-6H,1H3,(H,12,13). The maximum absolute atomic E-state index is 12.4. The predicted octanol–water partition coefficient (Wildman–Crippen LogP) is 2.84. The van der Waals surface area contributed by atoms with E-state index in [0.717, 1.165) is 16.5 Å². The van der Waals surface area contributed by atoms with Gasteiger partial charge in [0.15, 0.2) is 0 Å². The maximum atomic E-state index is 12.4. The van der Waals surface area contributed by atoms with Crippen LogP contribution in [0.3, 0.4) is 0 Å². The number of nitrogens with one attached hydrogen (secondary N) is 1. The molecular weight excluding hydrogens is 167 g/mol. The molecule has 0 aliphatic heterocycles. The summed E-state index contributed by atoms with van der Waals surface area (Å²) in [5, 5.41) is 0.810. The molecule has 0 saturated carbocycles. The van der Waals surface area contributed by atoms with Crippen LogP contribution >= 0.6 is 0 Å². The number of hydrogen-bond acceptors (Lipinski definition) is 2. The Balaban J connectivity index is 2.84. The number of fused-ring (bicyclic) bond motifs is 1. The van der Waals surface area contributed by atoms with Gasteiger partial charge in [-0.2, -0.15) is 0 Å². The van der Waals surface area contributed by atoms with Gasteiger partial charge >= 0.3 is 0 Å². The Bertz CT molecular complexity index is 440. The fourth-order valence-corrected chi connectivity index (χ4v) is 1.37. The monoisotopic (exact) mass is 176 g/mol. The summed E-state index contributed by atoms with van der Waals surface area (Å²) in [4.78, 5) is 4.18. The number of rotatable bonds is 1. The molecule has 0 bridgehead atoms. The SMILES string of the molecule is Cc1cnc2ccccc2c1NF. The minimum absolute atomic E-state index is 0.505. The lowest BCUT2D eigenvalue weighted by Crippen LogP contribution is -1.90. The number of aryl methyl sites for hydroxylation is 1. The molecule has 0 fully saturated rings. The van der Waals surface area contributed by atoms with Gasteiger partial charge in [0, 0.05) is 11.6 Å². The summed E-state index contributed by atoms with van der Waals surface area (Å²) < 4.78 is 12.4. The third-order valence-corrected chi connectivity index (χ3v) is 2.06. The molecule has 0 aliphatic rings. The molecule has 1 heterocycles. The highest BCUT2D eigenvalue weighted by Gasteiger charge is 2.03. The van der Waals surface area contributed by atoms with Crippen molar-refractivity contribution in [3.63, 3.8) is 0 Å². The van der Waals surface area contributed by atoms with Gasteiger partial charge in [0.05, 0.1) is 11.2 Å². The van der Waals surface area contributed by atoms with Crippen LogP contribution in [0.1, 0.15) is 5.56 Å². The number of nitrogens with zero attached hydrogens (tertiary/aromatic N) is 1. The van der Waals surface area contributed by atoms with E-state index in [0.29, 0.717) is 5.69 Å². The first-order valence-corrected chi connectivity index (χ1v) is 4.04. The van der Waals surface area contributed by atoms with E-state index >= 15 is 0 Å². The normalized spacial score (nSPS) is 10.3. The van der Waals surface area contributed by atoms with E-state index in [9.17, 15) is 4.48 Å². The van der Waals surface area contributed by atoms with Crippen molar-refractivity contribution in [2.24, 2.45) is 0 Å². The summed E-state index contributed by atoms with van der Waals surface area (Å²) >= 11 is 0. The van der Waals surface area contributed by atoms with Crippen LogP contribution in [0.25, 0.3) is 10.9 Å². The average molecular weight is 176 g/mol. The maximum Gasteiger partial charge on any atom is 0.0794 e. The molecule has 1 N–H and O–H groups in total. The quantitative estimate of drug-likeness (QED) is 0.676. The fourth-order valence-electron chi connectivity index (χ4n) is 1.37. The lowest BCUT2D eigenvalue weighted by atomic mass is 10.1. The average Bonchev–Trinajstić information content (AvgIpc) is 2.18. The van der Waals surface area contributed by atoms with Gasteiger partial charge in [-0.3, -0.25) is 4.98 Å². The second-order valence-electron chi connectivity index (χ2n) is 2.93. The van der Waals surface area contributed by atoms with Gasteiger partial charge < -0.3 is 0 Å². The number of para-hydroxylation sites is 1. The molecule has 0 unspecified atom stereocenters. The first-order valence-electron chi connectivity index (χ1n) is 4.04. The lowest BCUT2D eigenvalue weighted by molar-refractivity contribution is 0.618. The van der Waals surface area contributed by atoms with Gasteiger partial charge in [-0.25, -0.2) is 5.54 Å². The molecule has 0 atom stereocenters. The molecule has 2 nitrogen and oxygen atoms in total. The minimum Gasteiger partial charge on any atom is -0.256 e. The van der Waals surface area contributed by atoms with Crippen LogP contribution in [-0.2, 0) is 0 Å². The van der Waals surface area contributed by atoms with Crippen molar-refractivity contribution in [3.8, 4) is 0 Å². The second kappa shape index (κ2) is 3.01. The van der Waals surface area contributed by atoms with Gasteiger partial charge in [-0.05, 0) is 18.6 Å². The molecule has 2 aromatic rings. The molecule has 1 aromatic heterocycles. The van der Waals surface area contributed by atoms with E-state index in [2.05, 4.69) is 4.98 Å². The first-order chi connectivity index (χ1) is 6.33. The Morgan fingerprint density at radius 3 is 2.85 bits per heavy atom. The zero-order valence-electron chi connectivity index (χ0n) is 7.21. The minimum atomic E-state index is 0.505. The molecule has 13 heavy (non-hydrogen) atoms. The van der Waals surface area contributed by atoms with Crippen molar-refractivity contribution in [3.05, 3.63) is 36.0 Å². The van der Waals surface area contributed by atoms with Crippen molar-refractivity contribution in [2.45, 2.75) is 6.92 Å². The fraction of sp³-hybridized carbons (Fsp3) is 0.100. The number of aromatic nitrogens is 1. The Morgan fingerprint density at radius 1 is 1.31 bits per heavy atom. The molecule has 0 spiro atoms. The molecular formula is C10H9FN2. The molecule has 0 amide bonds. The van der Waals surface area contributed by atoms with Crippen molar-refractivity contribution in [1.82, 2.24) is 4.98 Å². The molecule has 2 rings (SSSR count). The summed E-state index contributed by atoms with van der Waals surface area (Å²) in [6.45, 7) is 1.82. The Kier molecular flexibility index (Phi) is 1.85. The molecule has 66 valence electrons. The zero-order valence-corrected chi connectivity index (χ0v) is 7.21. The van der Waals surface area contributed by atoms with E-state index in [1.165, 1.54) is 0 Å². The molecule has 1 aromatic carbocycles. The molecule has 3 heteroatoms. The summed E-state index contributed by atoms with van der Waals surface area (Å²) in [7, 11) is 0. The van der Waals surface area contributed by atoms with Crippen LogP contribution in [0.4, 0.5) is 10.2 Å². The van der Waals surface area contributed by atoms with Crippen LogP contribution in [0.2, 0.25) is 0 Å². The Morgan fingerprint density at radius 2 is 2.08 bits per heavy atom. The van der Waals surface area contributed by atoms with E-state index in [1.54, 1.807) is 11.7 Å². The van der Waals surface area contributed by atoms with E-state index in [1.807, 2.05) is 31.2 Å². The van der Waals surface area contributed by atoms with E-state index < -0.39 is 0 Å². The number of benzene rings is 1. The van der Waals surface area contributed by atoms with Gasteiger partial charge in [0.25, 0.3) is 0 Å². The van der Waals surface area contributed by atoms with Crippen molar-refractivity contribution >= 4 is 16.6 Å². The van der Waals surface area contributed by atoms with Gasteiger partial charge in [0.2, 0.25) is 0 Å². The molecule has 0 saturated heterocycles. The van der Waals surface area contributed by atoms with Crippen molar-refractivity contribution in [1.29, 1.82) is 0 Å². The van der Waals surface area contributed by atoms with Gasteiger partial charge in [-0.15, -0.1) is 4.48 Å². The van der Waals surface area contributed by atoms with Crippen molar-refractivity contribution < 1.29 is 4.48 Å². The summed E-state index contributed by atoms with van der Waals surface area (Å²) in [6.07, 6.45) is 1.66. The largest absolute Gasteiger partial charge is 0.256 e. The van der Waals surface area contributed by atoms with E-state index in [-0.39, 0.29) is 0 Å². The van der Waals surface area contributed by atoms with Gasteiger partial charge in [0.1, 0.15) is 0 Å². The molecule has 0 aliphatic carbocycles. The van der Waals surface area contributed by atoms with Gasteiger partial charge in [-0.1, -0.05) is 18.2 Å². The van der Waals surface area contributed by atoms with E-state index in [4.69, 9.17) is 0 Å². The first kappa shape index (κ1) is 7.98. The highest BCUT2D eigenvalue weighted by molar-refractivity contribution is 5.92. The number of anilines is 1. The Labute approximate surface area is 75.3 Å². The highest BCUT2D eigenvalue weighted by Crippen LogP contribution is 2.24. The van der Waals surface area contributed by atoms with Crippen LogP contribution < -0.4 is 5.54 Å². The third-order valence-electron chi connectivity index (χ3n) is 2.06. The van der Waals surface area contributed by atoms with Crippen LogP contribution in [0.15, 0.2) is 30.5 Å². The van der Waals surface area contributed by atoms with Crippen molar-refractivity contribution in [2.75, 3.05) is 5.54 Å². The predicted molar refractivity (Wildman–Crippen MR) is 51.2 cm³/mol. The molecule has 0 radical (unpaired) electrons. The third kappa shape index (κ3) is 1.22. The number of pyridine rings is 1. The van der Waals surface area contributed by atoms with Crippen LogP contribution in [-0.4, -0.2) is 4.98 Å². The van der Waals surface area contributed by atoms with Crippen LogP contribution in [0.5, 0.6) is 0 Å². The smallest absolute Gasteiger partial charge is 0.0794 e. The zero-order chi connectivity index (χ0) is 9.26. The Hall–Kier alpha value is -1.64. The number of halogens is 1. The second-order valence-corrected chi connectivity index (χ2v) is 2.93. The number of hydrogen-bond donors (Lipinski definition) is 1. The van der Waals surface area contributed by atoms with Crippen LogP contribution in [0, 0.1) is 6.92 Å². The lowest BCUT2D eigenvalue weighted by Gasteiger charge is -2.05. The summed E-state index contributed by atoms with van der Waals surface area (Å²) in [6, 6.07) is 7.45. The topological polar surface area (TPSA) is 24.9 Å². The summed E-state index contributed by atoms with van der Waals surface area (Å²) in [5.74, 6) is 0. The summed E-state index contributed by atoms with van der Waals surface area (Å²) in [5.41, 5.74) is 3.81. The highest BCUT2D eigenvalue weighted by atomic mass is 19.2.